The fraction of sp³-hybridized carbons (Fsp3) is 0.0667. The van der Waals surface area contributed by atoms with Gasteiger partial charge in [-0.25, -0.2) is 5.10 Å². The number of hydrogen-bond acceptors (Lipinski definition) is 4. The summed E-state index contributed by atoms with van der Waals surface area (Å²) >= 11 is 3.27. The summed E-state index contributed by atoms with van der Waals surface area (Å²) in [6.07, 6.45) is 3.09. The highest BCUT2D eigenvalue weighted by molar-refractivity contribution is 9.10. The minimum Gasteiger partial charge on any atom is -0.346 e. The Labute approximate surface area is 133 Å². The van der Waals surface area contributed by atoms with Crippen LogP contribution in [0.2, 0.25) is 0 Å². The van der Waals surface area contributed by atoms with Crippen molar-refractivity contribution < 1.29 is 4.79 Å². The number of hydrogen-bond donors (Lipinski definition) is 2. The Kier molecular flexibility index (Phi) is 3.97. The first kappa shape index (κ1) is 14.4. The minimum atomic E-state index is -0.258. The molecule has 0 aliphatic rings. The molecule has 7 heteroatoms. The van der Waals surface area contributed by atoms with Crippen molar-refractivity contribution in [1.29, 1.82) is 0 Å². The van der Waals surface area contributed by atoms with E-state index >= 15 is 0 Å². The predicted octanol–water partition coefficient (Wildman–Crippen LogP) is 2.01. The maximum atomic E-state index is 12.1. The lowest BCUT2D eigenvalue weighted by Crippen LogP contribution is -2.24. The Morgan fingerprint density at radius 3 is 2.77 bits per heavy atom. The zero-order chi connectivity index (χ0) is 15.5. The number of aromatic nitrogens is 3. The van der Waals surface area contributed by atoms with Crippen molar-refractivity contribution in [3.8, 4) is 0 Å². The molecule has 1 aromatic carbocycles. The van der Waals surface area contributed by atoms with Crippen LogP contribution >= 0.6 is 15.9 Å². The molecule has 0 bridgehead atoms. The lowest BCUT2D eigenvalue weighted by molar-refractivity contribution is 0.0950. The third-order valence-electron chi connectivity index (χ3n) is 3.16. The average Bonchev–Trinajstić information content (AvgIpc) is 2.54. The number of amides is 1. The van der Waals surface area contributed by atoms with Crippen LogP contribution in [0.5, 0.6) is 0 Å². The largest absolute Gasteiger partial charge is 0.346 e. The van der Waals surface area contributed by atoms with Gasteiger partial charge in [-0.15, -0.1) is 0 Å². The quantitative estimate of drug-likeness (QED) is 0.749. The summed E-state index contributed by atoms with van der Waals surface area (Å²) in [5.41, 5.74) is 0.802. The molecule has 0 atom stereocenters. The van der Waals surface area contributed by atoms with E-state index in [1.54, 1.807) is 30.5 Å². The topological polar surface area (TPSA) is 87.7 Å². The monoisotopic (exact) mass is 358 g/mol. The summed E-state index contributed by atoms with van der Waals surface area (Å²) in [5, 5.41) is 10.5. The molecule has 2 heterocycles. The number of rotatable bonds is 3. The predicted molar refractivity (Wildman–Crippen MR) is 85.5 cm³/mol. The van der Waals surface area contributed by atoms with E-state index < -0.39 is 0 Å². The summed E-state index contributed by atoms with van der Waals surface area (Å²) in [6.45, 7) is 0.211. The number of carbonyl (C=O) groups is 1. The molecular formula is C15H11BrN4O2. The highest BCUT2D eigenvalue weighted by atomic mass is 79.9. The SMILES string of the molecule is O=C(NCc1n[nH]c(=O)c2ccccc12)c1cncc(Br)c1. The van der Waals surface area contributed by atoms with Gasteiger partial charge in [-0.05, 0) is 28.1 Å². The minimum absolute atomic E-state index is 0.211. The molecule has 0 unspecified atom stereocenters. The lowest BCUT2D eigenvalue weighted by atomic mass is 10.1. The third kappa shape index (κ3) is 2.89. The van der Waals surface area contributed by atoms with Gasteiger partial charge in [0.05, 0.1) is 23.2 Å². The van der Waals surface area contributed by atoms with Crippen LogP contribution in [0.1, 0.15) is 16.1 Å². The Morgan fingerprint density at radius 2 is 2.00 bits per heavy atom. The van der Waals surface area contributed by atoms with Crippen LogP contribution < -0.4 is 10.9 Å². The van der Waals surface area contributed by atoms with Gasteiger partial charge >= 0.3 is 0 Å². The smallest absolute Gasteiger partial charge is 0.272 e. The number of nitrogens with one attached hydrogen (secondary N) is 2. The first-order valence-electron chi connectivity index (χ1n) is 6.50. The molecule has 0 aliphatic carbocycles. The summed E-state index contributed by atoms with van der Waals surface area (Å²) < 4.78 is 0.729. The van der Waals surface area contributed by atoms with Crippen molar-refractivity contribution in [2.75, 3.05) is 0 Å². The van der Waals surface area contributed by atoms with E-state index in [0.29, 0.717) is 16.6 Å². The highest BCUT2D eigenvalue weighted by Gasteiger charge is 2.09. The van der Waals surface area contributed by atoms with Crippen molar-refractivity contribution in [3.63, 3.8) is 0 Å². The number of H-pyrrole nitrogens is 1. The molecule has 0 spiro atoms. The average molecular weight is 359 g/mol. The van der Waals surface area contributed by atoms with Gasteiger partial charge in [-0.2, -0.15) is 5.10 Å². The van der Waals surface area contributed by atoms with Gasteiger partial charge in [0.15, 0.2) is 0 Å². The number of carbonyl (C=O) groups excluding carboxylic acids is 1. The highest BCUT2D eigenvalue weighted by Crippen LogP contribution is 2.13. The maximum absolute atomic E-state index is 12.1. The van der Waals surface area contributed by atoms with E-state index in [2.05, 4.69) is 36.4 Å². The van der Waals surface area contributed by atoms with Gasteiger partial charge in [0.1, 0.15) is 0 Å². The van der Waals surface area contributed by atoms with Crippen molar-refractivity contribution in [2.24, 2.45) is 0 Å². The summed E-state index contributed by atoms with van der Waals surface area (Å²) in [6, 6.07) is 8.82. The van der Waals surface area contributed by atoms with E-state index in [-0.39, 0.29) is 18.0 Å². The molecule has 0 fully saturated rings. The van der Waals surface area contributed by atoms with Gasteiger partial charge < -0.3 is 5.32 Å². The van der Waals surface area contributed by atoms with Gasteiger partial charge in [-0.3, -0.25) is 14.6 Å². The normalized spacial score (nSPS) is 10.6. The van der Waals surface area contributed by atoms with Crippen LogP contribution in [0.25, 0.3) is 10.8 Å². The van der Waals surface area contributed by atoms with Gasteiger partial charge in [0.25, 0.3) is 11.5 Å². The number of fused-ring (bicyclic) bond motifs is 1. The second kappa shape index (κ2) is 6.07. The number of benzene rings is 1. The van der Waals surface area contributed by atoms with Crippen molar-refractivity contribution >= 4 is 32.6 Å². The van der Waals surface area contributed by atoms with E-state index in [9.17, 15) is 9.59 Å². The fourth-order valence-electron chi connectivity index (χ4n) is 2.11. The Bertz CT molecular complexity index is 907. The van der Waals surface area contributed by atoms with Crippen LogP contribution in [0, 0.1) is 0 Å². The Hall–Kier alpha value is -2.54. The number of pyridine rings is 1. The first-order chi connectivity index (χ1) is 10.6. The molecule has 3 rings (SSSR count). The molecule has 2 aromatic heterocycles. The number of halogens is 1. The van der Waals surface area contributed by atoms with Crippen LogP contribution in [-0.4, -0.2) is 21.1 Å². The van der Waals surface area contributed by atoms with Gasteiger partial charge in [-0.1, -0.05) is 18.2 Å². The molecule has 1 amide bonds. The van der Waals surface area contributed by atoms with Gasteiger partial charge in [0, 0.05) is 22.3 Å². The molecule has 0 aliphatic heterocycles. The van der Waals surface area contributed by atoms with Gasteiger partial charge in [0.2, 0.25) is 0 Å². The molecule has 0 saturated carbocycles. The summed E-state index contributed by atoms with van der Waals surface area (Å²) in [7, 11) is 0. The van der Waals surface area contributed by atoms with Crippen molar-refractivity contribution in [3.05, 3.63) is 68.8 Å². The molecule has 110 valence electrons. The Morgan fingerprint density at radius 1 is 1.23 bits per heavy atom. The van der Waals surface area contributed by atoms with E-state index in [1.165, 1.54) is 6.20 Å². The molecule has 6 nitrogen and oxygen atoms in total. The molecule has 2 N–H and O–H groups in total. The zero-order valence-corrected chi connectivity index (χ0v) is 12.9. The second-order valence-electron chi connectivity index (χ2n) is 4.62. The molecule has 3 aromatic rings. The first-order valence-corrected chi connectivity index (χ1v) is 7.29. The maximum Gasteiger partial charge on any atom is 0.272 e. The second-order valence-corrected chi connectivity index (χ2v) is 5.54. The van der Waals surface area contributed by atoms with Crippen molar-refractivity contribution in [1.82, 2.24) is 20.5 Å². The zero-order valence-electron chi connectivity index (χ0n) is 11.3. The van der Waals surface area contributed by atoms with Crippen molar-refractivity contribution in [2.45, 2.75) is 6.54 Å². The summed E-state index contributed by atoms with van der Waals surface area (Å²) in [4.78, 5) is 27.8. The molecule has 0 saturated heterocycles. The molecule has 22 heavy (non-hydrogen) atoms. The lowest BCUT2D eigenvalue weighted by Gasteiger charge is -2.07. The van der Waals surface area contributed by atoms with Crippen LogP contribution in [0.3, 0.4) is 0 Å². The molecular weight excluding hydrogens is 348 g/mol. The van der Waals surface area contributed by atoms with Crippen LogP contribution in [-0.2, 0) is 6.54 Å². The number of nitrogens with zero attached hydrogens (tertiary/aromatic N) is 2. The number of aromatic amines is 1. The van der Waals surface area contributed by atoms with Crippen LogP contribution in [0.15, 0.2) is 52.0 Å². The molecule has 0 radical (unpaired) electrons. The van der Waals surface area contributed by atoms with E-state index in [0.717, 1.165) is 9.86 Å². The third-order valence-corrected chi connectivity index (χ3v) is 3.59. The standard InChI is InChI=1S/C15H11BrN4O2/c16-10-5-9(6-17-7-10)14(21)18-8-13-11-3-1-2-4-12(11)15(22)20-19-13/h1-7H,8H2,(H,18,21)(H,20,22). The Balaban J connectivity index is 1.84. The van der Waals surface area contributed by atoms with E-state index in [4.69, 9.17) is 0 Å². The van der Waals surface area contributed by atoms with Crippen LogP contribution in [0.4, 0.5) is 0 Å². The summed E-state index contributed by atoms with van der Waals surface area (Å²) in [5.74, 6) is -0.258. The van der Waals surface area contributed by atoms with E-state index in [1.807, 2.05) is 6.07 Å². The fourth-order valence-corrected chi connectivity index (χ4v) is 2.47.